The van der Waals surface area contributed by atoms with Crippen LogP contribution < -0.4 is 4.74 Å². The van der Waals surface area contributed by atoms with Gasteiger partial charge in [-0.05, 0) is 25.0 Å². The molecule has 1 N–H and O–H groups in total. The monoisotopic (exact) mass is 313 g/mol. The molecule has 0 radical (unpaired) electrons. The van der Waals surface area contributed by atoms with Crippen molar-refractivity contribution in [1.82, 2.24) is 14.9 Å². The van der Waals surface area contributed by atoms with E-state index in [0.29, 0.717) is 18.5 Å². The molecule has 0 aliphatic carbocycles. The fourth-order valence-corrected chi connectivity index (χ4v) is 2.67. The van der Waals surface area contributed by atoms with Crippen LogP contribution in [0.5, 0.6) is 5.75 Å². The Labute approximate surface area is 134 Å². The molecule has 1 atom stereocenters. The zero-order valence-electron chi connectivity index (χ0n) is 13.0. The average molecular weight is 313 g/mol. The Balaban J connectivity index is 1.62. The van der Waals surface area contributed by atoms with Gasteiger partial charge in [0.25, 0.3) is 5.91 Å². The molecule has 6 nitrogen and oxygen atoms in total. The zero-order chi connectivity index (χ0) is 16.3. The van der Waals surface area contributed by atoms with Gasteiger partial charge in [0.15, 0.2) is 0 Å². The van der Waals surface area contributed by atoms with Crippen molar-refractivity contribution in [3.8, 4) is 5.75 Å². The normalized spacial score (nSPS) is 20.5. The standard InChI is InChI=1S/C17H19N3O3/c1-13-4-2-3-5-15(13)23-11-17(22)6-7-20(10-17)16(21)14-8-18-12-19-9-14/h2-5,8-9,12,22H,6-7,10-11H2,1H3/t17-/m1/s1. The minimum Gasteiger partial charge on any atom is -0.490 e. The van der Waals surface area contributed by atoms with E-state index in [1.807, 2.05) is 31.2 Å². The van der Waals surface area contributed by atoms with Gasteiger partial charge < -0.3 is 14.7 Å². The van der Waals surface area contributed by atoms with Gasteiger partial charge in [0.2, 0.25) is 0 Å². The predicted octanol–water partition coefficient (Wildman–Crippen LogP) is 1.44. The van der Waals surface area contributed by atoms with Crippen LogP contribution in [-0.2, 0) is 0 Å². The van der Waals surface area contributed by atoms with Crippen LogP contribution in [0.3, 0.4) is 0 Å². The van der Waals surface area contributed by atoms with E-state index in [1.54, 1.807) is 4.90 Å². The number of amides is 1. The summed E-state index contributed by atoms with van der Waals surface area (Å²) < 4.78 is 5.74. The van der Waals surface area contributed by atoms with E-state index in [4.69, 9.17) is 4.74 Å². The first kappa shape index (κ1) is 15.4. The summed E-state index contributed by atoms with van der Waals surface area (Å²) in [6, 6.07) is 7.66. The number of aromatic nitrogens is 2. The summed E-state index contributed by atoms with van der Waals surface area (Å²) >= 11 is 0. The molecule has 0 unspecified atom stereocenters. The summed E-state index contributed by atoms with van der Waals surface area (Å²) in [6.45, 7) is 2.85. The summed E-state index contributed by atoms with van der Waals surface area (Å²) in [7, 11) is 0. The van der Waals surface area contributed by atoms with E-state index < -0.39 is 5.60 Å². The number of aryl methyl sites for hydroxylation is 1. The van der Waals surface area contributed by atoms with Gasteiger partial charge in [0.1, 0.15) is 24.3 Å². The molecule has 1 saturated heterocycles. The maximum Gasteiger partial charge on any atom is 0.257 e. The predicted molar refractivity (Wildman–Crippen MR) is 84.2 cm³/mol. The van der Waals surface area contributed by atoms with Crippen LogP contribution in [0.2, 0.25) is 0 Å². The van der Waals surface area contributed by atoms with Crippen molar-refractivity contribution in [1.29, 1.82) is 0 Å². The Kier molecular flexibility index (Phi) is 4.25. The lowest BCUT2D eigenvalue weighted by atomic mass is 10.1. The summed E-state index contributed by atoms with van der Waals surface area (Å²) in [5.74, 6) is 0.583. The first-order chi connectivity index (χ1) is 11.1. The van der Waals surface area contributed by atoms with Crippen LogP contribution in [0.4, 0.5) is 0 Å². The molecule has 1 amide bonds. The topological polar surface area (TPSA) is 75.6 Å². The Hall–Kier alpha value is -2.47. The van der Waals surface area contributed by atoms with Gasteiger partial charge in [-0.1, -0.05) is 18.2 Å². The number of aliphatic hydroxyl groups is 1. The molecule has 2 aromatic rings. The lowest BCUT2D eigenvalue weighted by Crippen LogP contribution is -2.40. The summed E-state index contributed by atoms with van der Waals surface area (Å²) in [4.78, 5) is 21.7. The van der Waals surface area contributed by atoms with E-state index >= 15 is 0 Å². The van der Waals surface area contributed by atoms with Crippen molar-refractivity contribution in [2.24, 2.45) is 0 Å². The molecule has 2 heterocycles. The molecule has 1 fully saturated rings. The van der Waals surface area contributed by atoms with Crippen LogP contribution >= 0.6 is 0 Å². The van der Waals surface area contributed by atoms with Gasteiger partial charge in [0.05, 0.1) is 12.1 Å². The molecule has 1 aliphatic heterocycles. The Morgan fingerprint density at radius 3 is 2.83 bits per heavy atom. The molecule has 0 saturated carbocycles. The number of carbonyl (C=O) groups excluding carboxylic acids is 1. The maximum atomic E-state index is 12.4. The van der Waals surface area contributed by atoms with E-state index in [9.17, 15) is 9.90 Å². The molecule has 23 heavy (non-hydrogen) atoms. The van der Waals surface area contributed by atoms with Gasteiger partial charge in [0, 0.05) is 18.9 Å². The number of ether oxygens (including phenoxy) is 1. The number of likely N-dealkylation sites (tertiary alicyclic amines) is 1. The van der Waals surface area contributed by atoms with Crippen LogP contribution in [0.1, 0.15) is 22.3 Å². The van der Waals surface area contributed by atoms with Crippen molar-refractivity contribution in [2.75, 3.05) is 19.7 Å². The number of β-amino-alcohol motifs (C(OH)–C–C–N with tert-alkyl or cyclic N) is 1. The van der Waals surface area contributed by atoms with Crippen molar-refractivity contribution >= 4 is 5.91 Å². The number of rotatable bonds is 4. The number of carbonyl (C=O) groups is 1. The third kappa shape index (κ3) is 3.48. The second-order valence-electron chi connectivity index (χ2n) is 5.88. The lowest BCUT2D eigenvalue weighted by molar-refractivity contribution is 0.00412. The highest BCUT2D eigenvalue weighted by atomic mass is 16.5. The number of hydrogen-bond acceptors (Lipinski definition) is 5. The fraction of sp³-hybridized carbons (Fsp3) is 0.353. The summed E-state index contributed by atoms with van der Waals surface area (Å²) in [5.41, 5.74) is 0.410. The molecule has 0 spiro atoms. The van der Waals surface area contributed by atoms with Gasteiger partial charge >= 0.3 is 0 Å². The van der Waals surface area contributed by atoms with Crippen LogP contribution in [0.25, 0.3) is 0 Å². The van der Waals surface area contributed by atoms with Crippen LogP contribution in [-0.4, -0.2) is 51.2 Å². The van der Waals surface area contributed by atoms with Crippen LogP contribution in [0.15, 0.2) is 43.0 Å². The second kappa shape index (κ2) is 6.34. The molecule has 120 valence electrons. The Bertz CT molecular complexity index is 692. The number of benzene rings is 1. The Morgan fingerprint density at radius 1 is 1.35 bits per heavy atom. The SMILES string of the molecule is Cc1ccccc1OC[C@@]1(O)CCN(C(=O)c2cncnc2)C1. The van der Waals surface area contributed by atoms with E-state index in [2.05, 4.69) is 9.97 Å². The smallest absolute Gasteiger partial charge is 0.257 e. The quantitative estimate of drug-likeness (QED) is 0.924. The van der Waals surface area contributed by atoms with E-state index in [1.165, 1.54) is 18.7 Å². The second-order valence-corrected chi connectivity index (χ2v) is 5.88. The van der Waals surface area contributed by atoms with Crippen molar-refractivity contribution in [3.63, 3.8) is 0 Å². The summed E-state index contributed by atoms with van der Waals surface area (Å²) in [5, 5.41) is 10.7. The molecular weight excluding hydrogens is 294 g/mol. The lowest BCUT2D eigenvalue weighted by Gasteiger charge is -2.24. The maximum absolute atomic E-state index is 12.4. The average Bonchev–Trinajstić information content (AvgIpc) is 2.97. The number of nitrogens with zero attached hydrogens (tertiary/aromatic N) is 3. The highest BCUT2D eigenvalue weighted by Gasteiger charge is 2.39. The van der Waals surface area contributed by atoms with Crippen molar-refractivity contribution in [2.45, 2.75) is 18.9 Å². The van der Waals surface area contributed by atoms with Gasteiger partial charge in [-0.2, -0.15) is 0 Å². The minimum absolute atomic E-state index is 0.160. The third-order valence-corrected chi connectivity index (χ3v) is 4.02. The third-order valence-electron chi connectivity index (χ3n) is 4.02. The zero-order valence-corrected chi connectivity index (χ0v) is 13.0. The van der Waals surface area contributed by atoms with Gasteiger partial charge in [-0.15, -0.1) is 0 Å². The Morgan fingerprint density at radius 2 is 2.09 bits per heavy atom. The first-order valence-corrected chi connectivity index (χ1v) is 7.52. The largest absolute Gasteiger partial charge is 0.490 e. The summed E-state index contributed by atoms with van der Waals surface area (Å²) in [6.07, 6.45) is 4.83. The van der Waals surface area contributed by atoms with E-state index in [-0.39, 0.29) is 19.1 Å². The minimum atomic E-state index is -1.03. The first-order valence-electron chi connectivity index (χ1n) is 7.52. The number of para-hydroxylation sites is 1. The van der Waals surface area contributed by atoms with E-state index in [0.717, 1.165) is 11.3 Å². The molecule has 1 aromatic heterocycles. The van der Waals surface area contributed by atoms with Gasteiger partial charge in [-0.3, -0.25) is 4.79 Å². The van der Waals surface area contributed by atoms with Crippen LogP contribution in [0, 0.1) is 6.92 Å². The van der Waals surface area contributed by atoms with Crippen molar-refractivity contribution < 1.29 is 14.6 Å². The molecule has 3 rings (SSSR count). The number of hydrogen-bond donors (Lipinski definition) is 1. The molecule has 0 bridgehead atoms. The fourth-order valence-electron chi connectivity index (χ4n) is 2.67. The molecule has 6 heteroatoms. The molecular formula is C17H19N3O3. The molecule has 1 aliphatic rings. The van der Waals surface area contributed by atoms with Gasteiger partial charge in [-0.25, -0.2) is 9.97 Å². The highest BCUT2D eigenvalue weighted by molar-refractivity contribution is 5.93. The highest BCUT2D eigenvalue weighted by Crippen LogP contribution is 2.25. The molecule has 1 aromatic carbocycles. The van der Waals surface area contributed by atoms with Crippen molar-refractivity contribution in [3.05, 3.63) is 54.1 Å².